The highest BCUT2D eigenvalue weighted by molar-refractivity contribution is 6.31. The summed E-state index contributed by atoms with van der Waals surface area (Å²) in [4.78, 5) is 11.2. The number of halogens is 1. The highest BCUT2D eigenvalue weighted by Crippen LogP contribution is 2.18. The van der Waals surface area contributed by atoms with Gasteiger partial charge in [0.2, 0.25) is 5.43 Å². The van der Waals surface area contributed by atoms with Gasteiger partial charge in [0, 0.05) is 30.0 Å². The van der Waals surface area contributed by atoms with Crippen molar-refractivity contribution in [2.24, 2.45) is 0 Å². The topological polar surface area (TPSA) is 71.8 Å². The number of nitrogen functional groups attached to an aromatic ring is 1. The van der Waals surface area contributed by atoms with E-state index in [4.69, 9.17) is 22.6 Å². The Bertz CT molecular complexity index is 685. The first-order valence-electron chi connectivity index (χ1n) is 5.24. The zero-order valence-corrected chi connectivity index (χ0v) is 10.2. The van der Waals surface area contributed by atoms with Gasteiger partial charge in [-0.25, -0.2) is 0 Å². The van der Waals surface area contributed by atoms with Gasteiger partial charge in [0.1, 0.15) is 0 Å². The summed E-state index contributed by atoms with van der Waals surface area (Å²) >= 11 is 6.07. The van der Waals surface area contributed by atoms with Crippen molar-refractivity contribution >= 4 is 17.3 Å². The summed E-state index contributed by atoms with van der Waals surface area (Å²) in [7, 11) is 0. The lowest BCUT2D eigenvalue weighted by molar-refractivity contribution is 0.791. The van der Waals surface area contributed by atoms with Crippen LogP contribution in [0.25, 0.3) is 0 Å². The number of pyridine rings is 1. The molecule has 18 heavy (non-hydrogen) atoms. The lowest BCUT2D eigenvalue weighted by Crippen LogP contribution is -2.11. The molecular weight excluding hydrogens is 250 g/mol. The van der Waals surface area contributed by atoms with Crippen LogP contribution in [-0.4, -0.2) is 4.57 Å². The molecule has 1 aromatic carbocycles. The lowest BCUT2D eigenvalue weighted by atomic mass is 10.1. The Morgan fingerprint density at radius 1 is 1.39 bits per heavy atom. The number of nitrogens with two attached hydrogens (primary N) is 1. The van der Waals surface area contributed by atoms with Gasteiger partial charge in [0.15, 0.2) is 0 Å². The van der Waals surface area contributed by atoms with E-state index in [2.05, 4.69) is 0 Å². The SMILES string of the molecule is N#Cc1ccc(Cn2ccc(=O)c(N)c2)c(Cl)c1. The normalized spacial score (nSPS) is 10.0. The zero-order chi connectivity index (χ0) is 13.1. The van der Waals surface area contributed by atoms with Gasteiger partial charge in [-0.2, -0.15) is 5.26 Å². The fourth-order valence-electron chi connectivity index (χ4n) is 1.59. The molecule has 4 nitrogen and oxygen atoms in total. The number of hydrogen-bond donors (Lipinski definition) is 1. The van der Waals surface area contributed by atoms with Gasteiger partial charge < -0.3 is 10.3 Å². The second-order valence-electron chi connectivity index (χ2n) is 3.85. The maximum atomic E-state index is 11.2. The molecule has 0 radical (unpaired) electrons. The summed E-state index contributed by atoms with van der Waals surface area (Å²) in [6, 6.07) is 8.53. The van der Waals surface area contributed by atoms with Crippen LogP contribution in [0.3, 0.4) is 0 Å². The Morgan fingerprint density at radius 3 is 2.78 bits per heavy atom. The maximum Gasteiger partial charge on any atom is 0.204 e. The summed E-state index contributed by atoms with van der Waals surface area (Å²) < 4.78 is 1.77. The van der Waals surface area contributed by atoms with Gasteiger partial charge in [0.25, 0.3) is 0 Å². The van der Waals surface area contributed by atoms with E-state index < -0.39 is 0 Å². The molecule has 0 atom stereocenters. The van der Waals surface area contributed by atoms with Crippen LogP contribution in [0.2, 0.25) is 5.02 Å². The third kappa shape index (κ3) is 2.53. The molecule has 1 heterocycles. The molecule has 0 unspecified atom stereocenters. The molecule has 0 aliphatic heterocycles. The standard InChI is InChI=1S/C13H10ClN3O/c14-11-5-9(6-15)1-2-10(11)7-17-4-3-13(18)12(16)8-17/h1-5,8H,7,16H2. The van der Waals surface area contributed by atoms with Crippen molar-refractivity contribution in [1.29, 1.82) is 5.26 Å². The molecule has 2 N–H and O–H groups in total. The minimum Gasteiger partial charge on any atom is -0.394 e. The van der Waals surface area contributed by atoms with Gasteiger partial charge in [-0.1, -0.05) is 17.7 Å². The van der Waals surface area contributed by atoms with Crippen molar-refractivity contribution in [2.75, 3.05) is 5.73 Å². The van der Waals surface area contributed by atoms with E-state index in [0.29, 0.717) is 17.1 Å². The van der Waals surface area contributed by atoms with E-state index in [9.17, 15) is 4.79 Å². The molecule has 0 fully saturated rings. The van der Waals surface area contributed by atoms with Crippen LogP contribution in [0.4, 0.5) is 5.69 Å². The Morgan fingerprint density at radius 2 is 2.17 bits per heavy atom. The first kappa shape index (κ1) is 12.2. The van der Waals surface area contributed by atoms with Crippen LogP contribution in [0, 0.1) is 11.3 Å². The van der Waals surface area contributed by atoms with Crippen LogP contribution in [0.15, 0.2) is 41.5 Å². The Kier molecular flexibility index (Phi) is 3.35. The van der Waals surface area contributed by atoms with Crippen LogP contribution in [0.5, 0.6) is 0 Å². The van der Waals surface area contributed by atoms with Crippen LogP contribution < -0.4 is 11.2 Å². The van der Waals surface area contributed by atoms with Crippen LogP contribution in [0.1, 0.15) is 11.1 Å². The molecule has 0 aliphatic carbocycles. The summed E-state index contributed by atoms with van der Waals surface area (Å²) in [5.41, 5.74) is 6.92. The second kappa shape index (κ2) is 4.94. The molecule has 5 heteroatoms. The minimum atomic E-state index is -0.197. The van der Waals surface area contributed by atoms with Crippen LogP contribution >= 0.6 is 11.6 Å². The monoisotopic (exact) mass is 259 g/mol. The van der Waals surface area contributed by atoms with Crippen molar-refractivity contribution in [1.82, 2.24) is 4.57 Å². The quantitative estimate of drug-likeness (QED) is 0.897. The summed E-state index contributed by atoms with van der Waals surface area (Å²) in [5.74, 6) is 0. The average molecular weight is 260 g/mol. The maximum absolute atomic E-state index is 11.2. The van der Waals surface area contributed by atoms with E-state index in [1.807, 2.05) is 6.07 Å². The fraction of sp³-hybridized carbons (Fsp3) is 0.0769. The molecule has 0 aliphatic rings. The number of aromatic nitrogens is 1. The van der Waals surface area contributed by atoms with Crippen molar-refractivity contribution in [2.45, 2.75) is 6.54 Å². The molecular formula is C13H10ClN3O. The molecule has 0 amide bonds. The van der Waals surface area contributed by atoms with Crippen molar-refractivity contribution in [3.05, 3.63) is 63.0 Å². The van der Waals surface area contributed by atoms with Crippen LogP contribution in [-0.2, 0) is 6.54 Å². The van der Waals surface area contributed by atoms with E-state index in [1.54, 1.807) is 35.2 Å². The summed E-state index contributed by atoms with van der Waals surface area (Å²) in [6.07, 6.45) is 3.21. The van der Waals surface area contributed by atoms with Crippen molar-refractivity contribution in [3.8, 4) is 6.07 Å². The predicted octanol–water partition coefficient (Wildman–Crippen LogP) is 2.00. The fourth-order valence-corrected chi connectivity index (χ4v) is 1.83. The minimum absolute atomic E-state index is 0.197. The first-order valence-corrected chi connectivity index (χ1v) is 5.62. The largest absolute Gasteiger partial charge is 0.394 e. The smallest absolute Gasteiger partial charge is 0.204 e. The second-order valence-corrected chi connectivity index (χ2v) is 4.26. The zero-order valence-electron chi connectivity index (χ0n) is 9.43. The highest BCUT2D eigenvalue weighted by atomic mass is 35.5. The molecule has 2 rings (SSSR count). The predicted molar refractivity (Wildman–Crippen MR) is 70.4 cm³/mol. The van der Waals surface area contributed by atoms with Crippen molar-refractivity contribution in [3.63, 3.8) is 0 Å². The van der Waals surface area contributed by atoms with E-state index in [-0.39, 0.29) is 11.1 Å². The Hall–Kier alpha value is -2.25. The van der Waals surface area contributed by atoms with Crippen molar-refractivity contribution < 1.29 is 0 Å². The van der Waals surface area contributed by atoms with E-state index in [1.165, 1.54) is 6.07 Å². The number of benzene rings is 1. The number of nitriles is 1. The lowest BCUT2D eigenvalue weighted by Gasteiger charge is -2.08. The van der Waals surface area contributed by atoms with E-state index in [0.717, 1.165) is 5.56 Å². The Balaban J connectivity index is 2.31. The number of anilines is 1. The Labute approximate surface area is 109 Å². The van der Waals surface area contributed by atoms with E-state index >= 15 is 0 Å². The van der Waals surface area contributed by atoms with Gasteiger partial charge in [0.05, 0.1) is 17.3 Å². The molecule has 0 spiro atoms. The highest BCUT2D eigenvalue weighted by Gasteiger charge is 2.03. The first-order chi connectivity index (χ1) is 8.60. The molecule has 1 aromatic heterocycles. The summed E-state index contributed by atoms with van der Waals surface area (Å²) in [6.45, 7) is 0.495. The van der Waals surface area contributed by atoms with Gasteiger partial charge in [-0.05, 0) is 17.7 Å². The number of nitrogens with zero attached hydrogens (tertiary/aromatic N) is 2. The molecule has 0 saturated heterocycles. The number of hydrogen-bond acceptors (Lipinski definition) is 3. The summed E-state index contributed by atoms with van der Waals surface area (Å²) in [5, 5.41) is 9.26. The third-order valence-corrected chi connectivity index (χ3v) is 2.89. The average Bonchev–Trinajstić information content (AvgIpc) is 2.36. The molecule has 90 valence electrons. The van der Waals surface area contributed by atoms with Gasteiger partial charge in [-0.15, -0.1) is 0 Å². The molecule has 2 aromatic rings. The number of rotatable bonds is 2. The van der Waals surface area contributed by atoms with Gasteiger partial charge >= 0.3 is 0 Å². The van der Waals surface area contributed by atoms with Gasteiger partial charge in [-0.3, -0.25) is 4.79 Å². The third-order valence-electron chi connectivity index (χ3n) is 2.54. The molecule has 0 saturated carbocycles. The molecule has 0 bridgehead atoms.